The summed E-state index contributed by atoms with van der Waals surface area (Å²) in [5.41, 5.74) is 0. The number of unbranched alkanes of at least 4 members (excludes halogenated alkanes) is 1. The maximum Gasteiger partial charge on any atom is 0.215 e. The number of nitrogens with zero attached hydrogens (tertiary/aromatic N) is 2. The van der Waals surface area contributed by atoms with Crippen LogP contribution in [0.1, 0.15) is 39.0 Å². The number of nitriles is 1. The first-order valence-corrected chi connectivity index (χ1v) is 7.12. The van der Waals surface area contributed by atoms with Crippen molar-refractivity contribution in [2.75, 3.05) is 12.3 Å². The molecule has 1 saturated heterocycles. The fraction of sp³-hybridized carbons (Fsp3) is 0.900. The first-order valence-electron chi connectivity index (χ1n) is 5.51. The molecule has 0 aromatic rings. The molecule has 1 heterocycles. The Bertz CT molecular complexity index is 332. The quantitative estimate of drug-likeness (QED) is 0.735. The molecule has 86 valence electrons. The van der Waals surface area contributed by atoms with Gasteiger partial charge in [0.1, 0.15) is 6.04 Å². The molecule has 0 N–H and O–H groups in total. The van der Waals surface area contributed by atoms with Crippen LogP contribution < -0.4 is 0 Å². The van der Waals surface area contributed by atoms with Gasteiger partial charge in [0, 0.05) is 6.54 Å². The Kier molecular flexibility index (Phi) is 4.55. The summed E-state index contributed by atoms with van der Waals surface area (Å²) in [6.45, 7) is 2.48. The largest absolute Gasteiger partial charge is 0.215 e. The van der Waals surface area contributed by atoms with Crippen molar-refractivity contribution in [3.05, 3.63) is 0 Å². The topological polar surface area (TPSA) is 61.2 Å². The Morgan fingerprint density at radius 3 is 2.80 bits per heavy atom. The number of sulfonamides is 1. The molecule has 0 spiro atoms. The van der Waals surface area contributed by atoms with Crippen molar-refractivity contribution in [1.29, 1.82) is 5.26 Å². The van der Waals surface area contributed by atoms with Gasteiger partial charge >= 0.3 is 0 Å². The highest BCUT2D eigenvalue weighted by Crippen LogP contribution is 2.20. The number of piperidine rings is 1. The minimum Gasteiger partial charge on any atom is -0.212 e. The molecule has 0 radical (unpaired) electrons. The van der Waals surface area contributed by atoms with Gasteiger partial charge in [-0.3, -0.25) is 0 Å². The van der Waals surface area contributed by atoms with Crippen molar-refractivity contribution in [2.45, 2.75) is 45.1 Å². The van der Waals surface area contributed by atoms with E-state index in [0.717, 1.165) is 19.3 Å². The van der Waals surface area contributed by atoms with Gasteiger partial charge in [0.05, 0.1) is 11.8 Å². The molecule has 0 aromatic carbocycles. The van der Waals surface area contributed by atoms with Gasteiger partial charge in [-0.2, -0.15) is 9.57 Å². The lowest BCUT2D eigenvalue weighted by Crippen LogP contribution is -2.43. The lowest BCUT2D eigenvalue weighted by atomic mass is 10.1. The molecule has 0 saturated carbocycles. The summed E-state index contributed by atoms with van der Waals surface area (Å²) in [5.74, 6) is 0.182. The molecule has 5 heteroatoms. The Labute approximate surface area is 91.9 Å². The molecule has 1 atom stereocenters. The van der Waals surface area contributed by atoms with E-state index in [4.69, 9.17) is 5.26 Å². The van der Waals surface area contributed by atoms with Crippen LogP contribution in [0.5, 0.6) is 0 Å². The van der Waals surface area contributed by atoms with Crippen LogP contribution >= 0.6 is 0 Å². The Morgan fingerprint density at radius 1 is 1.47 bits per heavy atom. The van der Waals surface area contributed by atoms with Crippen LogP contribution in [0.4, 0.5) is 0 Å². The van der Waals surface area contributed by atoms with E-state index in [-0.39, 0.29) is 5.75 Å². The number of hydrogen-bond donors (Lipinski definition) is 0. The van der Waals surface area contributed by atoms with Crippen LogP contribution in [0, 0.1) is 11.3 Å². The van der Waals surface area contributed by atoms with Gasteiger partial charge in [-0.25, -0.2) is 8.42 Å². The molecule has 1 rings (SSSR count). The first-order chi connectivity index (χ1) is 7.11. The number of hydrogen-bond acceptors (Lipinski definition) is 3. The van der Waals surface area contributed by atoms with E-state index in [1.54, 1.807) is 0 Å². The van der Waals surface area contributed by atoms with Crippen molar-refractivity contribution in [3.8, 4) is 6.07 Å². The van der Waals surface area contributed by atoms with Crippen LogP contribution in [0.2, 0.25) is 0 Å². The van der Waals surface area contributed by atoms with E-state index in [2.05, 4.69) is 6.07 Å². The molecule has 15 heavy (non-hydrogen) atoms. The fourth-order valence-electron chi connectivity index (χ4n) is 1.81. The molecule has 0 aliphatic carbocycles. The lowest BCUT2D eigenvalue weighted by Gasteiger charge is -2.30. The molecular formula is C10H18N2O2S. The van der Waals surface area contributed by atoms with E-state index in [1.165, 1.54) is 4.31 Å². The second kappa shape index (κ2) is 5.47. The molecule has 1 aliphatic rings. The Balaban J connectivity index is 2.71. The molecule has 0 bridgehead atoms. The maximum atomic E-state index is 11.9. The van der Waals surface area contributed by atoms with E-state index in [1.807, 2.05) is 6.92 Å². The third kappa shape index (κ3) is 3.18. The van der Waals surface area contributed by atoms with Crippen molar-refractivity contribution >= 4 is 10.0 Å². The maximum absolute atomic E-state index is 11.9. The predicted molar refractivity (Wildman–Crippen MR) is 58.7 cm³/mol. The molecule has 0 aromatic heterocycles. The summed E-state index contributed by atoms with van der Waals surface area (Å²) in [6.07, 6.45) is 4.06. The second-order valence-corrected chi connectivity index (χ2v) is 5.96. The molecule has 0 unspecified atom stereocenters. The zero-order chi connectivity index (χ0) is 11.3. The summed E-state index contributed by atoms with van der Waals surface area (Å²) in [4.78, 5) is 0. The van der Waals surface area contributed by atoms with E-state index in [0.29, 0.717) is 19.4 Å². The minimum absolute atomic E-state index is 0.182. The SMILES string of the molecule is CCCCS(=O)(=O)N1CCCC[C@@H]1C#N. The molecule has 1 aliphatic heterocycles. The van der Waals surface area contributed by atoms with Crippen LogP contribution in [-0.4, -0.2) is 31.1 Å². The second-order valence-electron chi connectivity index (χ2n) is 3.92. The van der Waals surface area contributed by atoms with E-state index >= 15 is 0 Å². The summed E-state index contributed by atoms with van der Waals surface area (Å²) >= 11 is 0. The van der Waals surface area contributed by atoms with E-state index < -0.39 is 16.1 Å². The third-order valence-electron chi connectivity index (χ3n) is 2.72. The van der Waals surface area contributed by atoms with Crippen LogP contribution in [0.15, 0.2) is 0 Å². The standard InChI is InChI=1S/C10H18N2O2S/c1-2-3-8-15(13,14)12-7-5-4-6-10(12)9-11/h10H,2-8H2,1H3/t10-/m1/s1. The van der Waals surface area contributed by atoms with Crippen molar-refractivity contribution in [3.63, 3.8) is 0 Å². The molecule has 4 nitrogen and oxygen atoms in total. The average Bonchev–Trinajstić information content (AvgIpc) is 2.26. The zero-order valence-corrected chi connectivity index (χ0v) is 9.96. The summed E-state index contributed by atoms with van der Waals surface area (Å²) in [7, 11) is -3.20. The summed E-state index contributed by atoms with van der Waals surface area (Å²) in [5, 5.41) is 8.89. The minimum atomic E-state index is -3.20. The average molecular weight is 230 g/mol. The van der Waals surface area contributed by atoms with Crippen LogP contribution in [0.25, 0.3) is 0 Å². The van der Waals surface area contributed by atoms with Gasteiger partial charge in [-0.05, 0) is 25.7 Å². The van der Waals surface area contributed by atoms with Crippen molar-refractivity contribution in [2.24, 2.45) is 0 Å². The van der Waals surface area contributed by atoms with Gasteiger partial charge in [-0.15, -0.1) is 0 Å². The zero-order valence-electron chi connectivity index (χ0n) is 9.15. The van der Waals surface area contributed by atoms with Crippen LogP contribution in [0.3, 0.4) is 0 Å². The predicted octanol–water partition coefficient (Wildman–Crippen LogP) is 1.49. The molecular weight excluding hydrogens is 212 g/mol. The molecule has 1 fully saturated rings. The summed E-state index contributed by atoms with van der Waals surface area (Å²) in [6, 6.07) is 1.65. The fourth-order valence-corrected chi connectivity index (χ4v) is 3.65. The Morgan fingerprint density at radius 2 is 2.20 bits per heavy atom. The summed E-state index contributed by atoms with van der Waals surface area (Å²) < 4.78 is 25.2. The highest BCUT2D eigenvalue weighted by atomic mass is 32.2. The van der Waals surface area contributed by atoms with Gasteiger partial charge in [0.15, 0.2) is 0 Å². The number of rotatable bonds is 4. The normalized spacial score (nSPS) is 23.6. The van der Waals surface area contributed by atoms with Crippen molar-refractivity contribution < 1.29 is 8.42 Å². The van der Waals surface area contributed by atoms with Crippen LogP contribution in [-0.2, 0) is 10.0 Å². The smallest absolute Gasteiger partial charge is 0.212 e. The first kappa shape index (κ1) is 12.5. The third-order valence-corrected chi connectivity index (χ3v) is 4.67. The van der Waals surface area contributed by atoms with Gasteiger partial charge in [0.2, 0.25) is 10.0 Å². The van der Waals surface area contributed by atoms with Gasteiger partial charge in [0.25, 0.3) is 0 Å². The Hall–Kier alpha value is -0.600. The van der Waals surface area contributed by atoms with Gasteiger partial charge in [-0.1, -0.05) is 13.3 Å². The highest BCUT2D eigenvalue weighted by molar-refractivity contribution is 7.89. The monoisotopic (exact) mass is 230 g/mol. The lowest BCUT2D eigenvalue weighted by molar-refractivity contribution is 0.297. The van der Waals surface area contributed by atoms with E-state index in [9.17, 15) is 8.42 Å². The van der Waals surface area contributed by atoms with Gasteiger partial charge < -0.3 is 0 Å². The van der Waals surface area contributed by atoms with Crippen molar-refractivity contribution in [1.82, 2.24) is 4.31 Å². The molecule has 0 amide bonds. The highest BCUT2D eigenvalue weighted by Gasteiger charge is 2.31.